The second kappa shape index (κ2) is 4.83. The maximum absolute atomic E-state index is 10.4. The predicted molar refractivity (Wildman–Crippen MR) is 57.7 cm³/mol. The molecule has 0 unspecified atom stereocenters. The van der Waals surface area contributed by atoms with Crippen molar-refractivity contribution in [2.75, 3.05) is 13.2 Å². The Labute approximate surface area is 99.0 Å². The van der Waals surface area contributed by atoms with Gasteiger partial charge in [-0.05, 0) is 12.8 Å². The maximum atomic E-state index is 10.4. The van der Waals surface area contributed by atoms with Crippen molar-refractivity contribution in [3.05, 3.63) is 11.7 Å². The number of nitrogens with zero attached hydrogens (tertiary/aromatic N) is 2. The molecule has 1 aromatic rings. The number of hydrogen-bond acceptors (Lipinski definition) is 5. The molecule has 1 aliphatic rings. The molecule has 94 valence electrons. The molecule has 0 amide bonds. The van der Waals surface area contributed by atoms with Crippen molar-refractivity contribution in [1.29, 1.82) is 0 Å². The number of rotatable bonds is 4. The first-order chi connectivity index (χ1) is 8.10. The van der Waals surface area contributed by atoms with Crippen LogP contribution in [0, 0.1) is 0 Å². The number of carboxylic acid groups (broad SMARTS) is 1. The summed E-state index contributed by atoms with van der Waals surface area (Å²) in [5.74, 6) is 0.213. The van der Waals surface area contributed by atoms with Crippen LogP contribution < -0.4 is 0 Å². The van der Waals surface area contributed by atoms with Crippen LogP contribution in [-0.4, -0.2) is 34.4 Å². The number of aromatic nitrogens is 2. The fraction of sp³-hybridized carbons (Fsp3) is 0.727. The van der Waals surface area contributed by atoms with Crippen LogP contribution in [0.5, 0.6) is 0 Å². The van der Waals surface area contributed by atoms with E-state index in [0.29, 0.717) is 31.3 Å². The average Bonchev–Trinajstić information content (AvgIpc) is 2.76. The van der Waals surface area contributed by atoms with Crippen molar-refractivity contribution in [1.82, 2.24) is 10.1 Å². The summed E-state index contributed by atoms with van der Waals surface area (Å²) in [5, 5.41) is 12.4. The van der Waals surface area contributed by atoms with E-state index in [1.165, 1.54) is 0 Å². The number of hydrogen-bond donors (Lipinski definition) is 1. The molecule has 1 saturated heterocycles. The highest BCUT2D eigenvalue weighted by Crippen LogP contribution is 2.32. The van der Waals surface area contributed by atoms with Crippen LogP contribution in [0.3, 0.4) is 0 Å². The summed E-state index contributed by atoms with van der Waals surface area (Å²) in [5.41, 5.74) is -0.132. The van der Waals surface area contributed by atoms with Gasteiger partial charge in [0.15, 0.2) is 5.82 Å². The van der Waals surface area contributed by atoms with Crippen LogP contribution in [0.25, 0.3) is 0 Å². The molecule has 0 aliphatic carbocycles. The van der Waals surface area contributed by atoms with Gasteiger partial charge in [0, 0.05) is 19.6 Å². The van der Waals surface area contributed by atoms with E-state index in [1.54, 1.807) is 0 Å². The quantitative estimate of drug-likeness (QED) is 0.849. The smallest absolute Gasteiger partial charge is 0.303 e. The number of aliphatic carboxylic acids is 1. The second-order valence-electron chi connectivity index (χ2n) is 4.58. The van der Waals surface area contributed by atoms with E-state index in [4.69, 9.17) is 14.4 Å². The van der Waals surface area contributed by atoms with Crippen molar-refractivity contribution in [2.24, 2.45) is 0 Å². The molecule has 0 atom stereocenters. The fourth-order valence-corrected chi connectivity index (χ4v) is 1.86. The van der Waals surface area contributed by atoms with Gasteiger partial charge in [-0.25, -0.2) is 0 Å². The van der Waals surface area contributed by atoms with Crippen LogP contribution >= 0.6 is 0 Å². The minimum atomic E-state index is -0.853. The molecule has 1 aliphatic heterocycles. The lowest BCUT2D eigenvalue weighted by molar-refractivity contribution is -0.137. The zero-order chi connectivity index (χ0) is 12.3. The van der Waals surface area contributed by atoms with Gasteiger partial charge in [-0.2, -0.15) is 4.98 Å². The summed E-state index contributed by atoms with van der Waals surface area (Å²) in [4.78, 5) is 14.7. The molecule has 0 bridgehead atoms. The van der Waals surface area contributed by atoms with Crippen LogP contribution in [0.15, 0.2) is 4.52 Å². The third kappa shape index (κ3) is 2.82. The number of aryl methyl sites for hydroxylation is 1. The largest absolute Gasteiger partial charge is 0.481 e. The first-order valence-electron chi connectivity index (χ1n) is 5.73. The van der Waals surface area contributed by atoms with E-state index in [-0.39, 0.29) is 11.8 Å². The SMILES string of the molecule is CC1(c2nc(CCC(=O)O)no2)CCOCC1. The minimum Gasteiger partial charge on any atom is -0.481 e. The lowest BCUT2D eigenvalue weighted by Crippen LogP contribution is -2.31. The Bertz CT molecular complexity index is 396. The Morgan fingerprint density at radius 1 is 1.47 bits per heavy atom. The van der Waals surface area contributed by atoms with Crippen molar-refractivity contribution in [2.45, 2.75) is 38.0 Å². The Balaban J connectivity index is 2.03. The van der Waals surface area contributed by atoms with Gasteiger partial charge in [0.2, 0.25) is 5.89 Å². The molecular formula is C11H16N2O4. The van der Waals surface area contributed by atoms with Gasteiger partial charge in [-0.15, -0.1) is 0 Å². The normalized spacial score (nSPS) is 19.1. The third-order valence-electron chi connectivity index (χ3n) is 3.14. The summed E-state index contributed by atoms with van der Waals surface area (Å²) < 4.78 is 10.5. The lowest BCUT2D eigenvalue weighted by Gasteiger charge is -2.29. The van der Waals surface area contributed by atoms with Crippen molar-refractivity contribution >= 4 is 5.97 Å². The lowest BCUT2D eigenvalue weighted by atomic mass is 9.82. The molecule has 1 aromatic heterocycles. The first-order valence-corrected chi connectivity index (χ1v) is 5.73. The highest BCUT2D eigenvalue weighted by atomic mass is 16.5. The minimum absolute atomic E-state index is 0.0266. The summed E-state index contributed by atoms with van der Waals surface area (Å²) >= 11 is 0. The maximum Gasteiger partial charge on any atom is 0.303 e. The summed E-state index contributed by atoms with van der Waals surface area (Å²) in [6, 6.07) is 0. The number of carboxylic acids is 1. The predicted octanol–water partition coefficient (Wildman–Crippen LogP) is 1.15. The molecule has 2 rings (SSSR count). The summed E-state index contributed by atoms with van der Waals surface area (Å²) in [6.07, 6.45) is 2.05. The van der Waals surface area contributed by atoms with Crippen molar-refractivity contribution in [3.63, 3.8) is 0 Å². The van der Waals surface area contributed by atoms with Gasteiger partial charge < -0.3 is 14.4 Å². The van der Waals surface area contributed by atoms with Crippen molar-refractivity contribution in [3.8, 4) is 0 Å². The molecule has 0 aromatic carbocycles. The molecule has 6 nitrogen and oxygen atoms in total. The van der Waals surface area contributed by atoms with Crippen LogP contribution in [0.4, 0.5) is 0 Å². The molecule has 17 heavy (non-hydrogen) atoms. The zero-order valence-corrected chi connectivity index (χ0v) is 9.81. The van der Waals surface area contributed by atoms with Gasteiger partial charge in [0.05, 0.1) is 11.8 Å². The molecule has 0 spiro atoms. The topological polar surface area (TPSA) is 85.5 Å². The fourth-order valence-electron chi connectivity index (χ4n) is 1.86. The highest BCUT2D eigenvalue weighted by Gasteiger charge is 2.34. The van der Waals surface area contributed by atoms with Crippen LogP contribution in [-0.2, 0) is 21.4 Å². The molecule has 6 heteroatoms. The van der Waals surface area contributed by atoms with Gasteiger partial charge in [-0.1, -0.05) is 12.1 Å². The number of carbonyl (C=O) groups is 1. The summed E-state index contributed by atoms with van der Waals surface area (Å²) in [6.45, 7) is 3.47. The van der Waals surface area contributed by atoms with E-state index in [9.17, 15) is 4.79 Å². The zero-order valence-electron chi connectivity index (χ0n) is 9.81. The Hall–Kier alpha value is -1.43. The highest BCUT2D eigenvalue weighted by molar-refractivity contribution is 5.66. The van der Waals surface area contributed by atoms with E-state index >= 15 is 0 Å². The molecule has 1 N–H and O–H groups in total. The monoisotopic (exact) mass is 240 g/mol. The summed E-state index contributed by atoms with van der Waals surface area (Å²) in [7, 11) is 0. The van der Waals surface area contributed by atoms with E-state index in [2.05, 4.69) is 17.1 Å². The van der Waals surface area contributed by atoms with Gasteiger partial charge in [0.25, 0.3) is 0 Å². The Kier molecular flexibility index (Phi) is 3.42. The van der Waals surface area contributed by atoms with Gasteiger partial charge in [0.1, 0.15) is 0 Å². The Morgan fingerprint density at radius 2 is 2.18 bits per heavy atom. The molecule has 0 radical (unpaired) electrons. The van der Waals surface area contributed by atoms with E-state index in [0.717, 1.165) is 12.8 Å². The third-order valence-corrected chi connectivity index (χ3v) is 3.14. The molecule has 0 saturated carbocycles. The second-order valence-corrected chi connectivity index (χ2v) is 4.58. The van der Waals surface area contributed by atoms with E-state index < -0.39 is 5.97 Å². The van der Waals surface area contributed by atoms with Crippen molar-refractivity contribution < 1.29 is 19.2 Å². The van der Waals surface area contributed by atoms with Crippen LogP contribution in [0.1, 0.15) is 37.9 Å². The molecular weight excluding hydrogens is 224 g/mol. The molecule has 2 heterocycles. The standard InChI is InChI=1S/C11H16N2O4/c1-11(4-6-16-7-5-11)10-12-8(13-17-10)2-3-9(14)15/h2-7H2,1H3,(H,14,15). The number of ether oxygens (including phenoxy) is 1. The average molecular weight is 240 g/mol. The van der Waals surface area contributed by atoms with Gasteiger partial charge >= 0.3 is 5.97 Å². The van der Waals surface area contributed by atoms with Gasteiger partial charge in [-0.3, -0.25) is 4.79 Å². The Morgan fingerprint density at radius 3 is 2.82 bits per heavy atom. The first kappa shape index (κ1) is 12.0. The van der Waals surface area contributed by atoms with E-state index in [1.807, 2.05) is 0 Å². The van der Waals surface area contributed by atoms with Crippen LogP contribution in [0.2, 0.25) is 0 Å². The molecule has 1 fully saturated rings.